The predicted molar refractivity (Wildman–Crippen MR) is 145 cm³/mol. The molecular formula is C29H28N2O6S. The first-order valence-corrected chi connectivity index (χ1v) is 13.2. The molecular weight excluding hydrogens is 504 g/mol. The standard InChI is InChI=1S/C29H28N2O6S/c1-36-23-10-9-17(16-24(23)37-2)18-14-20-28(22(32)15-18)29(25-8-5-13-38-25)31(26(33)11-12-27(34)35)21-7-4-3-6-19(21)30-20/h3-10,13,16,18,29-30H,11-12,14-15H2,1-2H3,(H,34,35). The number of fused-ring (bicyclic) bond motifs is 1. The maximum atomic E-state index is 14.0. The molecule has 3 aromatic rings. The molecule has 2 aliphatic rings. The van der Waals surface area contributed by atoms with Crippen molar-refractivity contribution in [2.75, 3.05) is 24.4 Å². The number of para-hydroxylation sites is 2. The predicted octanol–water partition coefficient (Wildman–Crippen LogP) is 5.53. The van der Waals surface area contributed by atoms with Crippen LogP contribution in [0.1, 0.15) is 48.1 Å². The van der Waals surface area contributed by atoms with Crippen molar-refractivity contribution in [3.8, 4) is 11.5 Å². The van der Waals surface area contributed by atoms with Crippen molar-refractivity contribution in [1.29, 1.82) is 0 Å². The number of hydrogen-bond donors (Lipinski definition) is 2. The Morgan fingerprint density at radius 3 is 2.53 bits per heavy atom. The highest BCUT2D eigenvalue weighted by molar-refractivity contribution is 7.10. The van der Waals surface area contributed by atoms with Gasteiger partial charge < -0.3 is 19.9 Å². The van der Waals surface area contributed by atoms with Crippen LogP contribution in [-0.4, -0.2) is 37.0 Å². The van der Waals surface area contributed by atoms with Crippen molar-refractivity contribution in [3.05, 3.63) is 81.7 Å². The topological polar surface area (TPSA) is 105 Å². The summed E-state index contributed by atoms with van der Waals surface area (Å²) >= 11 is 1.47. The molecule has 38 heavy (non-hydrogen) atoms. The number of amides is 1. The number of ether oxygens (including phenoxy) is 2. The van der Waals surface area contributed by atoms with Gasteiger partial charge >= 0.3 is 5.97 Å². The first kappa shape index (κ1) is 25.5. The number of rotatable bonds is 7. The van der Waals surface area contributed by atoms with Crippen LogP contribution in [0.25, 0.3) is 0 Å². The second-order valence-corrected chi connectivity index (χ2v) is 10.2. The number of nitrogens with one attached hydrogen (secondary N) is 1. The van der Waals surface area contributed by atoms with E-state index in [0.717, 1.165) is 16.1 Å². The molecule has 1 amide bonds. The Morgan fingerprint density at radius 2 is 1.82 bits per heavy atom. The molecule has 0 fully saturated rings. The number of thiophene rings is 1. The van der Waals surface area contributed by atoms with Crippen molar-refractivity contribution in [1.82, 2.24) is 0 Å². The fourth-order valence-electron chi connectivity index (χ4n) is 5.26. The second-order valence-electron chi connectivity index (χ2n) is 9.25. The van der Waals surface area contributed by atoms with E-state index >= 15 is 0 Å². The summed E-state index contributed by atoms with van der Waals surface area (Å²) in [7, 11) is 3.17. The van der Waals surface area contributed by atoms with E-state index < -0.39 is 12.0 Å². The molecule has 196 valence electrons. The van der Waals surface area contributed by atoms with Crippen molar-refractivity contribution < 1.29 is 29.0 Å². The number of methoxy groups -OCH3 is 2. The van der Waals surface area contributed by atoms with Crippen LogP contribution >= 0.6 is 11.3 Å². The minimum Gasteiger partial charge on any atom is -0.493 e. The third-order valence-electron chi connectivity index (χ3n) is 7.00. The third-order valence-corrected chi connectivity index (χ3v) is 7.93. The van der Waals surface area contributed by atoms with Gasteiger partial charge in [-0.15, -0.1) is 11.3 Å². The van der Waals surface area contributed by atoms with Gasteiger partial charge in [0.25, 0.3) is 0 Å². The van der Waals surface area contributed by atoms with Crippen LogP contribution in [0, 0.1) is 0 Å². The van der Waals surface area contributed by atoms with Gasteiger partial charge in [-0.05, 0) is 53.6 Å². The summed E-state index contributed by atoms with van der Waals surface area (Å²) in [5, 5.41) is 14.6. The molecule has 1 aliphatic carbocycles. The van der Waals surface area contributed by atoms with Crippen LogP contribution in [0.3, 0.4) is 0 Å². The zero-order valence-electron chi connectivity index (χ0n) is 21.1. The van der Waals surface area contributed by atoms with E-state index in [-0.39, 0.29) is 36.9 Å². The summed E-state index contributed by atoms with van der Waals surface area (Å²) in [4.78, 5) is 41.3. The number of allylic oxidation sites excluding steroid dienone is 1. The molecule has 2 unspecified atom stereocenters. The lowest BCUT2D eigenvalue weighted by Crippen LogP contribution is -2.38. The summed E-state index contributed by atoms with van der Waals surface area (Å²) in [6.07, 6.45) is 0.370. The lowest BCUT2D eigenvalue weighted by molar-refractivity contribution is -0.138. The largest absolute Gasteiger partial charge is 0.493 e. The molecule has 0 saturated heterocycles. The van der Waals surface area contributed by atoms with Crippen LogP contribution in [0.4, 0.5) is 11.4 Å². The number of aliphatic carboxylic acids is 1. The maximum Gasteiger partial charge on any atom is 0.303 e. The number of carbonyl (C=O) groups excluding carboxylic acids is 2. The monoisotopic (exact) mass is 532 g/mol. The highest BCUT2D eigenvalue weighted by Gasteiger charge is 2.42. The van der Waals surface area contributed by atoms with Gasteiger partial charge in [0.15, 0.2) is 17.3 Å². The molecule has 5 rings (SSSR count). The molecule has 0 saturated carbocycles. The van der Waals surface area contributed by atoms with Gasteiger partial charge in [-0.3, -0.25) is 19.3 Å². The van der Waals surface area contributed by atoms with Crippen molar-refractivity contribution in [2.45, 2.75) is 37.6 Å². The number of benzene rings is 2. The minimum absolute atomic E-state index is 0.0548. The number of ketones is 1. The van der Waals surface area contributed by atoms with E-state index in [1.54, 1.807) is 19.1 Å². The fourth-order valence-corrected chi connectivity index (χ4v) is 6.08. The number of hydrogen-bond acceptors (Lipinski definition) is 7. The highest BCUT2D eigenvalue weighted by atomic mass is 32.1. The first-order chi connectivity index (χ1) is 18.4. The lowest BCUT2D eigenvalue weighted by Gasteiger charge is -2.34. The van der Waals surface area contributed by atoms with Crippen molar-refractivity contribution >= 4 is 40.4 Å². The summed E-state index contributed by atoms with van der Waals surface area (Å²) in [5.74, 6) is -0.321. The van der Waals surface area contributed by atoms with E-state index in [9.17, 15) is 19.5 Å². The number of carbonyl (C=O) groups is 3. The van der Waals surface area contributed by atoms with E-state index in [1.165, 1.54) is 11.3 Å². The summed E-state index contributed by atoms with van der Waals surface area (Å²) < 4.78 is 10.9. The van der Waals surface area contributed by atoms with Crippen LogP contribution < -0.4 is 19.7 Å². The molecule has 2 atom stereocenters. The molecule has 1 aromatic heterocycles. The Balaban J connectivity index is 1.62. The molecule has 1 aliphatic heterocycles. The number of carboxylic acid groups (broad SMARTS) is 1. The van der Waals surface area contributed by atoms with Crippen LogP contribution in [0.15, 0.2) is 71.2 Å². The molecule has 0 bridgehead atoms. The quantitative estimate of drug-likeness (QED) is 0.412. The lowest BCUT2D eigenvalue weighted by atomic mass is 9.79. The molecule has 2 N–H and O–H groups in total. The van der Waals surface area contributed by atoms with Crippen LogP contribution in [-0.2, 0) is 14.4 Å². The van der Waals surface area contributed by atoms with Gasteiger partial charge in [0.2, 0.25) is 5.91 Å². The average Bonchev–Trinajstić information content (AvgIpc) is 3.40. The number of anilines is 2. The normalized spacial score (nSPS) is 18.7. The average molecular weight is 533 g/mol. The molecule has 9 heteroatoms. The maximum absolute atomic E-state index is 14.0. The molecule has 2 heterocycles. The zero-order chi connectivity index (χ0) is 26.8. The van der Waals surface area contributed by atoms with Crippen LogP contribution in [0.2, 0.25) is 0 Å². The minimum atomic E-state index is -1.04. The SMILES string of the molecule is COc1ccc(C2CC(=O)C3=C(C2)Nc2ccccc2N(C(=O)CCC(=O)O)C3c2cccs2)cc1OC. The van der Waals surface area contributed by atoms with E-state index in [1.807, 2.05) is 60.0 Å². The first-order valence-electron chi connectivity index (χ1n) is 12.3. The van der Waals surface area contributed by atoms with Crippen LogP contribution in [0.5, 0.6) is 11.5 Å². The Bertz CT molecular complexity index is 1410. The molecule has 8 nitrogen and oxygen atoms in total. The molecule has 2 aromatic carbocycles. The Morgan fingerprint density at radius 1 is 1.03 bits per heavy atom. The summed E-state index contributed by atoms with van der Waals surface area (Å²) in [5.41, 5.74) is 3.59. The molecule has 0 radical (unpaired) electrons. The van der Waals surface area contributed by atoms with E-state index in [4.69, 9.17) is 9.47 Å². The summed E-state index contributed by atoms with van der Waals surface area (Å²) in [6, 6.07) is 16.3. The van der Waals surface area contributed by atoms with Gasteiger partial charge in [-0.1, -0.05) is 24.3 Å². The molecule has 0 spiro atoms. The van der Waals surface area contributed by atoms with E-state index in [2.05, 4.69) is 5.32 Å². The highest BCUT2D eigenvalue weighted by Crippen LogP contribution is 2.48. The van der Waals surface area contributed by atoms with Gasteiger partial charge in [-0.2, -0.15) is 0 Å². The van der Waals surface area contributed by atoms with Gasteiger partial charge in [0.05, 0.1) is 32.0 Å². The van der Waals surface area contributed by atoms with Crippen molar-refractivity contribution in [2.24, 2.45) is 0 Å². The Hall–Kier alpha value is -4.11. The second kappa shape index (κ2) is 10.7. The van der Waals surface area contributed by atoms with Gasteiger partial charge in [-0.25, -0.2) is 0 Å². The van der Waals surface area contributed by atoms with E-state index in [0.29, 0.717) is 34.9 Å². The smallest absolute Gasteiger partial charge is 0.303 e. The van der Waals surface area contributed by atoms with Gasteiger partial charge in [0, 0.05) is 29.0 Å². The number of nitrogens with zero attached hydrogens (tertiary/aromatic N) is 1. The summed E-state index contributed by atoms with van der Waals surface area (Å²) in [6.45, 7) is 0. The Labute approximate surface area is 224 Å². The Kier molecular flexibility index (Phi) is 7.20. The fraction of sp³-hybridized carbons (Fsp3) is 0.276. The number of Topliss-reactive ketones (excluding diaryl/α,β-unsaturated/α-hetero) is 1. The van der Waals surface area contributed by atoms with Gasteiger partial charge in [0.1, 0.15) is 6.04 Å². The zero-order valence-corrected chi connectivity index (χ0v) is 21.9. The number of carboxylic acids is 1. The third kappa shape index (κ3) is 4.77. The van der Waals surface area contributed by atoms with Crippen molar-refractivity contribution in [3.63, 3.8) is 0 Å².